The number of aliphatic hydroxyl groups excluding tert-OH is 1. The molecule has 0 aromatic carbocycles. The maximum absolute atomic E-state index is 9.36. The second-order valence-electron chi connectivity index (χ2n) is 8.36. The lowest BCUT2D eigenvalue weighted by Crippen LogP contribution is -2.63. The van der Waals surface area contributed by atoms with E-state index in [4.69, 9.17) is 23.7 Å². The number of rotatable bonds is 4. The molecule has 2 aliphatic heterocycles. The number of methoxy groups -OCH3 is 1. The van der Waals surface area contributed by atoms with Crippen molar-refractivity contribution in [2.75, 3.05) is 26.9 Å². The number of hydrogen-bond acceptors (Lipinski definition) is 6. The normalized spacial score (nSPS) is 37.9. The van der Waals surface area contributed by atoms with Crippen molar-refractivity contribution in [1.82, 2.24) is 0 Å². The average molecular weight is 363 g/mol. The standard InChI is InChI=1S/C11H22O4.C8H16O2/c1-8(2)9-6-14-10(3,7-12)11(4,13-5)15-9;1-6(2)7-5-9-8(3,4)10-7/h8-9,12H,6-7H2,1-5H3;6-7H,5H2,1-4H3. The molecule has 2 saturated heterocycles. The third kappa shape index (κ3) is 5.62. The first-order chi connectivity index (χ1) is 11.4. The Bertz CT molecular complexity index is 411. The van der Waals surface area contributed by atoms with Crippen molar-refractivity contribution in [2.45, 2.75) is 84.8 Å². The Balaban J connectivity index is 0.000000271. The van der Waals surface area contributed by atoms with Crippen LogP contribution in [0.4, 0.5) is 0 Å². The van der Waals surface area contributed by atoms with Crippen LogP contribution in [0.3, 0.4) is 0 Å². The lowest BCUT2D eigenvalue weighted by molar-refractivity contribution is -0.377. The fourth-order valence-corrected chi connectivity index (χ4v) is 2.67. The van der Waals surface area contributed by atoms with E-state index >= 15 is 0 Å². The largest absolute Gasteiger partial charge is 0.393 e. The maximum Gasteiger partial charge on any atom is 0.196 e. The van der Waals surface area contributed by atoms with Gasteiger partial charge in [0.15, 0.2) is 11.6 Å². The lowest BCUT2D eigenvalue weighted by Gasteiger charge is -2.50. The highest BCUT2D eigenvalue weighted by Gasteiger charge is 2.52. The van der Waals surface area contributed by atoms with Crippen molar-refractivity contribution < 1.29 is 28.8 Å². The number of hydrogen-bond donors (Lipinski definition) is 1. The summed E-state index contributed by atoms with van der Waals surface area (Å²) in [5.41, 5.74) is -0.798. The van der Waals surface area contributed by atoms with Crippen molar-refractivity contribution in [3.63, 3.8) is 0 Å². The quantitative estimate of drug-likeness (QED) is 0.829. The molecule has 0 aromatic rings. The minimum atomic E-state index is -0.894. The van der Waals surface area contributed by atoms with E-state index in [9.17, 15) is 5.11 Å². The second-order valence-corrected chi connectivity index (χ2v) is 8.36. The highest BCUT2D eigenvalue weighted by atomic mass is 16.7. The van der Waals surface area contributed by atoms with Gasteiger partial charge in [0.2, 0.25) is 0 Å². The van der Waals surface area contributed by atoms with Gasteiger partial charge in [-0.25, -0.2) is 0 Å². The molecule has 0 saturated carbocycles. The Morgan fingerprint density at radius 3 is 1.72 bits per heavy atom. The van der Waals surface area contributed by atoms with Crippen molar-refractivity contribution in [3.05, 3.63) is 0 Å². The molecule has 0 aromatic heterocycles. The van der Waals surface area contributed by atoms with Crippen LogP contribution < -0.4 is 0 Å². The van der Waals surface area contributed by atoms with E-state index in [1.807, 2.05) is 13.8 Å². The fraction of sp³-hybridized carbons (Fsp3) is 1.00. The van der Waals surface area contributed by atoms with Gasteiger partial charge in [-0.2, -0.15) is 0 Å². The summed E-state index contributed by atoms with van der Waals surface area (Å²) in [5.74, 6) is -0.325. The van der Waals surface area contributed by atoms with Crippen LogP contribution in [0.2, 0.25) is 0 Å². The van der Waals surface area contributed by atoms with Gasteiger partial charge in [-0.05, 0) is 39.5 Å². The molecule has 2 rings (SSSR count). The number of aliphatic hydroxyl groups is 1. The van der Waals surface area contributed by atoms with Gasteiger partial charge in [0, 0.05) is 7.11 Å². The van der Waals surface area contributed by atoms with E-state index in [0.29, 0.717) is 18.4 Å². The predicted molar refractivity (Wildman–Crippen MR) is 96.3 cm³/mol. The SMILES string of the molecule is CC(C)C1COC(C)(C)O1.COC1(C)OC(C(C)C)COC1(C)CO. The molecule has 0 spiro atoms. The zero-order valence-corrected chi connectivity index (χ0v) is 17.4. The molecule has 150 valence electrons. The molecule has 0 aliphatic carbocycles. The predicted octanol–water partition coefficient (Wildman–Crippen LogP) is 2.97. The van der Waals surface area contributed by atoms with Crippen LogP contribution in [0.5, 0.6) is 0 Å². The van der Waals surface area contributed by atoms with Crippen LogP contribution in [0, 0.1) is 11.8 Å². The first-order valence-corrected chi connectivity index (χ1v) is 9.19. The smallest absolute Gasteiger partial charge is 0.196 e. The molecule has 6 heteroatoms. The first-order valence-electron chi connectivity index (χ1n) is 9.19. The maximum atomic E-state index is 9.36. The Kier molecular flexibility index (Phi) is 7.87. The van der Waals surface area contributed by atoms with E-state index in [1.165, 1.54) is 0 Å². The summed E-state index contributed by atoms with van der Waals surface area (Å²) in [6.07, 6.45) is 0.296. The minimum Gasteiger partial charge on any atom is -0.393 e. The van der Waals surface area contributed by atoms with Crippen molar-refractivity contribution in [3.8, 4) is 0 Å². The summed E-state index contributed by atoms with van der Waals surface area (Å²) in [5, 5.41) is 9.36. The summed E-state index contributed by atoms with van der Waals surface area (Å²) in [7, 11) is 1.57. The second kappa shape index (κ2) is 8.63. The summed E-state index contributed by atoms with van der Waals surface area (Å²) in [4.78, 5) is 0. The summed E-state index contributed by atoms with van der Waals surface area (Å²) in [6, 6.07) is 0. The zero-order valence-electron chi connectivity index (χ0n) is 17.4. The minimum absolute atomic E-state index is 0.00887. The Morgan fingerprint density at radius 1 is 0.920 bits per heavy atom. The van der Waals surface area contributed by atoms with E-state index in [2.05, 4.69) is 27.7 Å². The average Bonchev–Trinajstić information content (AvgIpc) is 2.91. The van der Waals surface area contributed by atoms with E-state index < -0.39 is 11.4 Å². The summed E-state index contributed by atoms with van der Waals surface area (Å²) < 4.78 is 27.9. The van der Waals surface area contributed by atoms with Crippen molar-refractivity contribution >= 4 is 0 Å². The topological polar surface area (TPSA) is 66.4 Å². The van der Waals surface area contributed by atoms with Gasteiger partial charge < -0.3 is 28.8 Å². The molecule has 2 fully saturated rings. The molecule has 2 heterocycles. The molecule has 6 nitrogen and oxygen atoms in total. The Morgan fingerprint density at radius 2 is 1.40 bits per heavy atom. The molecular formula is C19H38O6. The summed E-state index contributed by atoms with van der Waals surface area (Å²) in [6.45, 7) is 17.1. The van der Waals surface area contributed by atoms with Gasteiger partial charge in [0.25, 0.3) is 0 Å². The third-order valence-electron chi connectivity index (χ3n) is 5.11. The molecule has 0 bridgehead atoms. The fourth-order valence-electron chi connectivity index (χ4n) is 2.67. The van der Waals surface area contributed by atoms with Gasteiger partial charge in [-0.15, -0.1) is 0 Å². The summed E-state index contributed by atoms with van der Waals surface area (Å²) >= 11 is 0. The monoisotopic (exact) mass is 362 g/mol. The molecule has 4 unspecified atom stereocenters. The Hall–Kier alpha value is -0.240. The van der Waals surface area contributed by atoms with Gasteiger partial charge in [-0.3, -0.25) is 0 Å². The van der Waals surface area contributed by atoms with Crippen LogP contribution in [-0.2, 0) is 23.7 Å². The van der Waals surface area contributed by atoms with Crippen molar-refractivity contribution in [1.29, 1.82) is 0 Å². The first kappa shape index (κ1) is 22.8. The molecular weight excluding hydrogens is 324 g/mol. The number of ether oxygens (including phenoxy) is 5. The van der Waals surface area contributed by atoms with Gasteiger partial charge in [-0.1, -0.05) is 27.7 Å². The van der Waals surface area contributed by atoms with Crippen LogP contribution in [0.1, 0.15) is 55.4 Å². The molecule has 2 aliphatic rings. The van der Waals surface area contributed by atoms with E-state index in [0.717, 1.165) is 6.61 Å². The molecule has 25 heavy (non-hydrogen) atoms. The highest BCUT2D eigenvalue weighted by molar-refractivity contribution is 4.94. The van der Waals surface area contributed by atoms with Crippen LogP contribution in [0.15, 0.2) is 0 Å². The lowest BCUT2D eigenvalue weighted by atomic mass is 9.93. The third-order valence-corrected chi connectivity index (χ3v) is 5.11. The van der Waals surface area contributed by atoms with Crippen LogP contribution >= 0.6 is 0 Å². The van der Waals surface area contributed by atoms with Gasteiger partial charge in [0.05, 0.1) is 32.0 Å². The molecule has 1 N–H and O–H groups in total. The van der Waals surface area contributed by atoms with Gasteiger partial charge >= 0.3 is 0 Å². The highest BCUT2D eigenvalue weighted by Crippen LogP contribution is 2.37. The van der Waals surface area contributed by atoms with Crippen molar-refractivity contribution in [2.24, 2.45) is 11.8 Å². The van der Waals surface area contributed by atoms with Gasteiger partial charge in [0.1, 0.15) is 5.60 Å². The molecule has 0 amide bonds. The van der Waals surface area contributed by atoms with Crippen LogP contribution in [-0.4, -0.2) is 61.4 Å². The molecule has 0 radical (unpaired) electrons. The zero-order chi connectivity index (χ0) is 19.5. The van der Waals surface area contributed by atoms with E-state index in [-0.39, 0.29) is 24.6 Å². The Labute approximate surface area is 153 Å². The molecule has 4 atom stereocenters. The van der Waals surface area contributed by atoms with E-state index in [1.54, 1.807) is 21.0 Å². The van der Waals surface area contributed by atoms with Crippen LogP contribution in [0.25, 0.3) is 0 Å².